The van der Waals surface area contributed by atoms with E-state index in [2.05, 4.69) is 26.8 Å². The Kier molecular flexibility index (Phi) is 9.33. The van der Waals surface area contributed by atoms with Crippen LogP contribution in [0, 0.1) is 0 Å². The second-order valence-corrected chi connectivity index (χ2v) is 24.0. The van der Waals surface area contributed by atoms with Gasteiger partial charge < -0.3 is 0 Å². The minimum absolute atomic E-state index is 0.355. The number of unbranched alkanes of at least 4 members (excludes halogenated alkanes) is 3. The van der Waals surface area contributed by atoms with Gasteiger partial charge in [0, 0.05) is 0 Å². The Morgan fingerprint density at radius 1 is 0.818 bits per heavy atom. The van der Waals surface area contributed by atoms with Crippen molar-refractivity contribution in [2.45, 2.75) is 77.5 Å². The zero-order chi connectivity index (χ0) is 23.9. The van der Waals surface area contributed by atoms with Crippen LogP contribution in [-0.2, 0) is 10.0 Å². The van der Waals surface area contributed by atoms with Crippen LogP contribution in [0.15, 0.2) is 59.5 Å². The summed E-state index contributed by atoms with van der Waals surface area (Å²) >= 11 is -3.07. The van der Waals surface area contributed by atoms with Crippen molar-refractivity contribution < 1.29 is 13.2 Å². The molecule has 0 aliphatic rings. The van der Waals surface area contributed by atoms with Crippen molar-refractivity contribution >= 4 is 43.0 Å². The molecule has 180 valence electrons. The monoisotopic (exact) mass is 577 g/mol. The summed E-state index contributed by atoms with van der Waals surface area (Å²) in [5.41, 5.74) is 0.749. The van der Waals surface area contributed by atoms with Crippen LogP contribution in [0.1, 0.15) is 59.3 Å². The fourth-order valence-corrected chi connectivity index (χ4v) is 24.7. The number of hydrogen-bond donors (Lipinski definition) is 0. The zero-order valence-corrected chi connectivity index (χ0v) is 24.3. The molecule has 0 bridgehead atoms. The van der Waals surface area contributed by atoms with Crippen LogP contribution >= 0.6 is 0 Å². The average Bonchev–Trinajstić information content (AvgIpc) is 3.24. The van der Waals surface area contributed by atoms with E-state index < -0.39 is 28.4 Å². The fourth-order valence-electron chi connectivity index (χ4n) is 4.91. The molecule has 3 aromatic rings. The van der Waals surface area contributed by atoms with Crippen LogP contribution in [0.3, 0.4) is 0 Å². The van der Waals surface area contributed by atoms with Gasteiger partial charge in [0.05, 0.1) is 0 Å². The first-order valence-electron chi connectivity index (χ1n) is 12.4. The second kappa shape index (κ2) is 11.8. The fraction of sp³-hybridized carbons (Fsp3) is 0.481. The van der Waals surface area contributed by atoms with Crippen LogP contribution in [0.5, 0.6) is 5.75 Å². The molecule has 0 N–H and O–H groups in total. The van der Waals surface area contributed by atoms with Crippen LogP contribution < -0.4 is 8.45 Å². The van der Waals surface area contributed by atoms with E-state index in [9.17, 15) is 8.42 Å². The van der Waals surface area contributed by atoms with E-state index >= 15 is 0 Å². The van der Waals surface area contributed by atoms with Gasteiger partial charge >= 0.3 is 205 Å². The van der Waals surface area contributed by atoms with Gasteiger partial charge in [-0.25, -0.2) is 0 Å². The molecule has 0 aliphatic heterocycles. The van der Waals surface area contributed by atoms with E-state index in [0.717, 1.165) is 33.9 Å². The standard InChI is InChI=1S/C15H12NO3S.3C4H9.Sn/c1-19-13-8-7-12-9-10-16(15(12)11-13)20(17,18)14-5-3-2-4-6-14;3*1-3-4-2;/h2-9,11H,1H3;3*1,3-4H2,2H3;. The predicted molar refractivity (Wildman–Crippen MR) is 142 cm³/mol. The molecule has 6 heteroatoms. The summed E-state index contributed by atoms with van der Waals surface area (Å²) in [6.45, 7) is 6.74. The van der Waals surface area contributed by atoms with Crippen molar-refractivity contribution in [3.05, 3.63) is 54.6 Å². The maximum absolute atomic E-state index is 14.2. The normalized spacial score (nSPS) is 12.4. The Bertz CT molecular complexity index is 1120. The molecule has 0 aliphatic carbocycles. The summed E-state index contributed by atoms with van der Waals surface area (Å²) in [6, 6.07) is 17.0. The first-order valence-corrected chi connectivity index (χ1v) is 21.4. The van der Waals surface area contributed by atoms with Crippen LogP contribution in [-0.4, -0.2) is 37.9 Å². The third-order valence-corrected chi connectivity index (χ3v) is 24.4. The Labute approximate surface area is 204 Å². The molecule has 33 heavy (non-hydrogen) atoms. The van der Waals surface area contributed by atoms with Crippen molar-refractivity contribution in [2.24, 2.45) is 0 Å². The predicted octanol–water partition coefficient (Wildman–Crippen LogP) is 6.94. The quantitative estimate of drug-likeness (QED) is 0.207. The molecule has 0 spiro atoms. The van der Waals surface area contributed by atoms with Crippen LogP contribution in [0.4, 0.5) is 0 Å². The molecule has 3 rings (SSSR count). The number of fused-ring (bicyclic) bond motifs is 1. The first kappa shape index (κ1) is 26.1. The van der Waals surface area contributed by atoms with E-state index in [0.29, 0.717) is 10.6 Å². The van der Waals surface area contributed by atoms with E-state index in [4.69, 9.17) is 4.74 Å². The minimum atomic E-state index is -3.72. The number of aromatic nitrogens is 1. The number of hydrogen-bond acceptors (Lipinski definition) is 3. The van der Waals surface area contributed by atoms with Crippen LogP contribution in [0.25, 0.3) is 10.9 Å². The van der Waals surface area contributed by atoms with Gasteiger partial charge in [-0.15, -0.1) is 0 Å². The van der Waals surface area contributed by atoms with Gasteiger partial charge in [0.15, 0.2) is 0 Å². The van der Waals surface area contributed by atoms with Crippen molar-refractivity contribution in [1.82, 2.24) is 3.97 Å². The molecular weight excluding hydrogens is 537 g/mol. The Hall–Kier alpha value is -1.47. The van der Waals surface area contributed by atoms with Gasteiger partial charge in [0.2, 0.25) is 0 Å². The Balaban J connectivity index is 2.36. The molecule has 4 nitrogen and oxygen atoms in total. The molecule has 0 atom stereocenters. The molecule has 1 aromatic heterocycles. The van der Waals surface area contributed by atoms with Crippen molar-refractivity contribution in [3.63, 3.8) is 0 Å². The molecular formula is C27H39NO3SSn. The average molecular weight is 576 g/mol. The number of benzene rings is 2. The third-order valence-electron chi connectivity index (χ3n) is 6.82. The maximum atomic E-state index is 14.2. The molecule has 0 saturated heterocycles. The summed E-state index contributed by atoms with van der Waals surface area (Å²) in [6.07, 6.45) is 6.99. The number of methoxy groups -OCH3 is 1. The van der Waals surface area contributed by atoms with E-state index in [1.807, 2.05) is 24.3 Å². The summed E-state index contributed by atoms with van der Waals surface area (Å²) < 4.78 is 40.3. The van der Waals surface area contributed by atoms with E-state index in [-0.39, 0.29) is 0 Å². The summed E-state index contributed by atoms with van der Waals surface area (Å²) in [5.74, 6) is 0.688. The van der Waals surface area contributed by atoms with Gasteiger partial charge in [-0.2, -0.15) is 0 Å². The van der Waals surface area contributed by atoms with Crippen molar-refractivity contribution in [2.75, 3.05) is 7.11 Å². The van der Waals surface area contributed by atoms with Crippen molar-refractivity contribution in [1.29, 1.82) is 0 Å². The number of rotatable bonds is 13. The third kappa shape index (κ3) is 5.61. The SMILES string of the molecule is CCC[CH2][Sn]([CH2]CCC)([CH2]CCC)[c]1cc2ccc(OC)cc2n1S(=O)(=O)c1ccccc1. The van der Waals surface area contributed by atoms with Gasteiger partial charge in [0.25, 0.3) is 0 Å². The molecule has 0 unspecified atom stereocenters. The molecule has 0 amide bonds. The van der Waals surface area contributed by atoms with Gasteiger partial charge in [0.1, 0.15) is 0 Å². The van der Waals surface area contributed by atoms with Crippen molar-refractivity contribution in [3.8, 4) is 5.75 Å². The summed E-state index contributed by atoms with van der Waals surface area (Å²) in [4.78, 5) is 0.355. The summed E-state index contributed by atoms with van der Waals surface area (Å²) in [7, 11) is -2.09. The van der Waals surface area contributed by atoms with Crippen LogP contribution in [0.2, 0.25) is 13.3 Å². The van der Waals surface area contributed by atoms with E-state index in [1.165, 1.54) is 32.6 Å². The second-order valence-electron chi connectivity index (χ2n) is 9.13. The summed E-state index contributed by atoms with van der Waals surface area (Å²) in [5, 5.41) is 0.996. The molecule has 0 saturated carbocycles. The zero-order valence-electron chi connectivity index (χ0n) is 20.6. The molecule has 0 radical (unpaired) electrons. The van der Waals surface area contributed by atoms with Gasteiger partial charge in [-0.05, 0) is 0 Å². The topological polar surface area (TPSA) is 48.3 Å². The molecule has 2 aromatic carbocycles. The Morgan fingerprint density at radius 3 is 1.91 bits per heavy atom. The van der Waals surface area contributed by atoms with Gasteiger partial charge in [-0.3, -0.25) is 0 Å². The number of nitrogens with zero attached hydrogens (tertiary/aromatic N) is 1. The molecule has 1 heterocycles. The van der Waals surface area contributed by atoms with E-state index in [1.54, 1.807) is 35.3 Å². The Morgan fingerprint density at radius 2 is 1.39 bits per heavy atom. The molecule has 0 fully saturated rings. The van der Waals surface area contributed by atoms with Gasteiger partial charge in [-0.1, -0.05) is 0 Å². The first-order chi connectivity index (χ1) is 15.9. The number of ether oxygens (including phenoxy) is 1.